The third-order valence-electron chi connectivity index (χ3n) is 6.67. The topological polar surface area (TPSA) is 116 Å². The van der Waals surface area contributed by atoms with Crippen LogP contribution in [0.15, 0.2) is 30.3 Å². The number of carbonyl (C=O) groups excluding carboxylic acids is 1. The molecule has 39 heavy (non-hydrogen) atoms. The lowest BCUT2D eigenvalue weighted by Gasteiger charge is -2.30. The van der Waals surface area contributed by atoms with E-state index in [1.165, 1.54) is 11.3 Å². The van der Waals surface area contributed by atoms with E-state index >= 15 is 0 Å². The molecule has 2 heterocycles. The predicted octanol–water partition coefficient (Wildman–Crippen LogP) is 4.88. The highest BCUT2D eigenvalue weighted by molar-refractivity contribution is 7.19. The second-order valence-corrected chi connectivity index (χ2v) is 11.0. The Morgan fingerprint density at radius 1 is 1.18 bits per heavy atom. The lowest BCUT2D eigenvalue weighted by molar-refractivity contribution is -0.156. The molecule has 1 aliphatic heterocycles. The maximum Gasteiger partial charge on any atom is 0.315 e. The van der Waals surface area contributed by atoms with E-state index in [0.29, 0.717) is 47.5 Å². The van der Waals surface area contributed by atoms with Crippen LogP contribution in [0.2, 0.25) is 5.02 Å². The number of fused-ring (bicyclic) bond motifs is 1. The number of nitrogen functional groups attached to an aromatic ring is 1. The molecular weight excluding hydrogens is 542 g/mol. The Kier molecular flexibility index (Phi) is 9.09. The van der Waals surface area contributed by atoms with Gasteiger partial charge in [-0.2, -0.15) is 0 Å². The molecule has 2 aromatic carbocycles. The van der Waals surface area contributed by atoms with Gasteiger partial charge in [0.05, 0.1) is 44.6 Å². The molecule has 1 aromatic heterocycles. The highest BCUT2D eigenvalue weighted by Crippen LogP contribution is 2.45. The molecule has 0 saturated carbocycles. The maximum absolute atomic E-state index is 13.2. The van der Waals surface area contributed by atoms with Gasteiger partial charge >= 0.3 is 5.97 Å². The molecule has 1 aliphatic rings. The quantitative estimate of drug-likeness (QED) is 0.189. The molecule has 11 heteroatoms. The van der Waals surface area contributed by atoms with Crippen LogP contribution in [-0.2, 0) is 20.7 Å². The van der Waals surface area contributed by atoms with Gasteiger partial charge in [0.25, 0.3) is 0 Å². The van der Waals surface area contributed by atoms with Gasteiger partial charge in [0.15, 0.2) is 11.5 Å². The highest BCUT2D eigenvalue weighted by Gasteiger charge is 2.37. The van der Waals surface area contributed by atoms with Gasteiger partial charge < -0.3 is 34.3 Å². The Labute approximate surface area is 237 Å². The number of anilines is 1. The number of benzene rings is 2. The Hall–Kier alpha value is -3.21. The summed E-state index contributed by atoms with van der Waals surface area (Å²) in [6.07, 6.45) is 0.355. The lowest BCUT2D eigenvalue weighted by Crippen LogP contribution is -2.38. The summed E-state index contributed by atoms with van der Waals surface area (Å²) in [6.45, 7) is 6.67. The summed E-state index contributed by atoms with van der Waals surface area (Å²) in [6, 6.07) is 9.41. The van der Waals surface area contributed by atoms with E-state index in [9.17, 15) is 4.79 Å². The van der Waals surface area contributed by atoms with Gasteiger partial charge in [-0.15, -0.1) is 11.3 Å². The summed E-state index contributed by atoms with van der Waals surface area (Å²) < 4.78 is 28.9. The molecule has 0 bridgehead atoms. The zero-order chi connectivity index (χ0) is 28.2. The Balaban J connectivity index is 1.61. The minimum Gasteiger partial charge on any atom is -0.493 e. The number of methoxy groups -OCH3 is 2. The summed E-state index contributed by atoms with van der Waals surface area (Å²) in [4.78, 5) is 16.3. The van der Waals surface area contributed by atoms with Gasteiger partial charge in [-0.05, 0) is 38.1 Å². The van der Waals surface area contributed by atoms with E-state index in [-0.39, 0.29) is 25.0 Å². The van der Waals surface area contributed by atoms with Crippen LogP contribution in [-0.4, -0.2) is 65.5 Å². The number of hydrogen-bond acceptors (Lipinski definition) is 9. The number of nitrogens with two attached hydrogens (primary N) is 1. The Morgan fingerprint density at radius 2 is 1.92 bits per heavy atom. The second kappa shape index (κ2) is 12.3. The molecule has 1 atom stereocenters. The van der Waals surface area contributed by atoms with Crippen LogP contribution in [0.4, 0.5) is 5.69 Å². The standard InChI is InChI=1S/C28H34ClN3O6S/c1-5-37-27(33)28(2,15-18-13-20-23(39-18)14-22(34-3)25(35-4)24(20)29)16-38-21-7-6-17(12-19(21)26(30)31)32-8-10-36-11-9-32/h6-7,12-14H,5,8-11,15-16H2,1-4H3,(H3,30,31). The Morgan fingerprint density at radius 3 is 2.56 bits per heavy atom. The van der Waals surface area contributed by atoms with Crippen LogP contribution in [0.3, 0.4) is 0 Å². The molecule has 0 amide bonds. The number of esters is 1. The fourth-order valence-electron chi connectivity index (χ4n) is 4.56. The van der Waals surface area contributed by atoms with E-state index < -0.39 is 5.41 Å². The molecule has 1 fully saturated rings. The predicted molar refractivity (Wildman–Crippen MR) is 154 cm³/mol. The number of thiophene rings is 1. The van der Waals surface area contributed by atoms with Crippen LogP contribution in [0.25, 0.3) is 10.1 Å². The average molecular weight is 576 g/mol. The van der Waals surface area contributed by atoms with Crippen molar-refractivity contribution in [2.24, 2.45) is 11.1 Å². The summed E-state index contributed by atoms with van der Waals surface area (Å²) in [5.41, 5.74) is 6.32. The van der Waals surface area contributed by atoms with Crippen molar-refractivity contribution in [1.29, 1.82) is 5.41 Å². The van der Waals surface area contributed by atoms with Crippen molar-refractivity contribution >= 4 is 50.5 Å². The first kappa shape index (κ1) is 28.8. The molecule has 0 spiro atoms. The number of rotatable bonds is 11. The summed E-state index contributed by atoms with van der Waals surface area (Å²) in [7, 11) is 3.10. The molecule has 3 aromatic rings. The third kappa shape index (κ3) is 6.18. The Bertz CT molecular complexity index is 1360. The highest BCUT2D eigenvalue weighted by atomic mass is 35.5. The van der Waals surface area contributed by atoms with Crippen LogP contribution in [0.1, 0.15) is 24.3 Å². The first-order valence-corrected chi connectivity index (χ1v) is 13.8. The van der Waals surface area contributed by atoms with Crippen LogP contribution in [0, 0.1) is 10.8 Å². The normalized spacial score (nSPS) is 15.1. The van der Waals surface area contributed by atoms with Crippen molar-refractivity contribution in [1.82, 2.24) is 0 Å². The SMILES string of the molecule is CCOC(=O)C(C)(COc1ccc(N2CCOCC2)cc1C(=N)N)Cc1cc2c(Cl)c(OC)c(OC)cc2s1. The summed E-state index contributed by atoms with van der Waals surface area (Å²) in [5, 5.41) is 9.40. The van der Waals surface area contributed by atoms with Crippen molar-refractivity contribution in [2.75, 3.05) is 58.6 Å². The maximum atomic E-state index is 13.2. The fourth-order valence-corrected chi connectivity index (χ4v) is 6.23. The van der Waals surface area contributed by atoms with Crippen molar-refractivity contribution in [3.63, 3.8) is 0 Å². The molecule has 4 rings (SSSR count). The van der Waals surface area contributed by atoms with Crippen molar-refractivity contribution in [3.8, 4) is 17.2 Å². The van der Waals surface area contributed by atoms with Gasteiger partial charge in [-0.1, -0.05) is 11.6 Å². The zero-order valence-corrected chi connectivity index (χ0v) is 24.2. The smallest absolute Gasteiger partial charge is 0.315 e. The van der Waals surface area contributed by atoms with Gasteiger partial charge in [-0.3, -0.25) is 10.2 Å². The van der Waals surface area contributed by atoms with E-state index in [4.69, 9.17) is 46.4 Å². The molecule has 210 valence electrons. The zero-order valence-electron chi connectivity index (χ0n) is 22.6. The summed E-state index contributed by atoms with van der Waals surface area (Å²) >= 11 is 8.14. The fraction of sp³-hybridized carbons (Fsp3) is 0.429. The van der Waals surface area contributed by atoms with E-state index in [2.05, 4.69) is 4.90 Å². The minimum absolute atomic E-state index is 0.0254. The first-order valence-electron chi connectivity index (χ1n) is 12.6. The molecule has 3 N–H and O–H groups in total. The van der Waals surface area contributed by atoms with E-state index in [1.54, 1.807) is 27.2 Å². The van der Waals surface area contributed by atoms with Crippen LogP contribution in [0.5, 0.6) is 17.2 Å². The largest absolute Gasteiger partial charge is 0.493 e. The van der Waals surface area contributed by atoms with Gasteiger partial charge in [0.1, 0.15) is 23.6 Å². The second-order valence-electron chi connectivity index (χ2n) is 9.49. The van der Waals surface area contributed by atoms with Gasteiger partial charge in [0.2, 0.25) is 0 Å². The molecule has 0 aliphatic carbocycles. The number of morpholine rings is 1. The van der Waals surface area contributed by atoms with E-state index in [1.807, 2.05) is 31.2 Å². The number of carbonyl (C=O) groups is 1. The van der Waals surface area contributed by atoms with Crippen LogP contribution < -0.4 is 24.8 Å². The first-order chi connectivity index (χ1) is 18.7. The van der Waals surface area contributed by atoms with Gasteiger partial charge in [0, 0.05) is 46.2 Å². The van der Waals surface area contributed by atoms with Crippen molar-refractivity contribution in [3.05, 3.63) is 45.8 Å². The molecule has 1 saturated heterocycles. The number of ether oxygens (including phenoxy) is 5. The van der Waals surface area contributed by atoms with Crippen LogP contribution >= 0.6 is 22.9 Å². The number of nitrogens with one attached hydrogen (secondary N) is 1. The number of hydrogen-bond donors (Lipinski definition) is 2. The molecule has 9 nitrogen and oxygen atoms in total. The monoisotopic (exact) mass is 575 g/mol. The molecular formula is C28H34ClN3O6S. The van der Waals surface area contributed by atoms with Crippen molar-refractivity contribution in [2.45, 2.75) is 20.3 Å². The molecule has 0 radical (unpaired) electrons. The van der Waals surface area contributed by atoms with E-state index in [0.717, 1.165) is 33.7 Å². The van der Waals surface area contributed by atoms with Crippen molar-refractivity contribution < 1.29 is 28.5 Å². The average Bonchev–Trinajstić information content (AvgIpc) is 3.34. The minimum atomic E-state index is -1.02. The number of amidine groups is 1. The summed E-state index contributed by atoms with van der Waals surface area (Å²) in [5.74, 6) is 0.948. The number of halogens is 1. The lowest BCUT2D eigenvalue weighted by atomic mass is 9.87. The molecule has 1 unspecified atom stereocenters. The third-order valence-corrected chi connectivity index (χ3v) is 8.12. The van der Waals surface area contributed by atoms with Gasteiger partial charge in [-0.25, -0.2) is 0 Å². The number of nitrogens with zero attached hydrogens (tertiary/aromatic N) is 1.